The zero-order valence-corrected chi connectivity index (χ0v) is 14.7. The molecule has 0 aliphatic carbocycles. The van der Waals surface area contributed by atoms with Gasteiger partial charge in [-0.15, -0.1) is 0 Å². The summed E-state index contributed by atoms with van der Waals surface area (Å²) in [5.74, 6) is -2.25. The average Bonchev–Trinajstić information content (AvgIpc) is 3.00. The molecule has 0 amide bonds. The van der Waals surface area contributed by atoms with Gasteiger partial charge in [0.2, 0.25) is 0 Å². The van der Waals surface area contributed by atoms with Crippen molar-refractivity contribution in [2.75, 3.05) is 0 Å². The van der Waals surface area contributed by atoms with Crippen LogP contribution < -0.4 is 0 Å². The first-order chi connectivity index (χ1) is 11.9. The van der Waals surface area contributed by atoms with Gasteiger partial charge in [0.05, 0.1) is 22.6 Å². The Morgan fingerprint density at radius 1 is 1.08 bits per heavy atom. The number of aliphatic carboxylic acids is 1. The molecule has 0 atom stereocenters. The second-order valence-corrected chi connectivity index (χ2v) is 6.32. The van der Waals surface area contributed by atoms with E-state index in [4.69, 9.17) is 21.8 Å². The number of aromatic carboxylic acids is 1. The number of alkyl halides is 3. The number of rotatable bonds is 4. The number of carbonyl (C=O) groups is 2. The minimum Gasteiger partial charge on any atom is -0.481 e. The first kappa shape index (κ1) is 21.6. The van der Waals surface area contributed by atoms with Crippen LogP contribution in [0.2, 0.25) is 5.02 Å². The number of aromatic nitrogens is 1. The normalized spacial score (nSPS) is 11.5. The van der Waals surface area contributed by atoms with Gasteiger partial charge in [-0.3, -0.25) is 4.79 Å². The Balaban J connectivity index is 0.000000263. The molecule has 26 heavy (non-hydrogen) atoms. The Hall–Kier alpha value is -2.48. The largest absolute Gasteiger partial charge is 0.481 e. The molecule has 0 unspecified atom stereocenters. The predicted octanol–water partition coefficient (Wildman–Crippen LogP) is 4.75. The van der Waals surface area contributed by atoms with Gasteiger partial charge in [0.15, 0.2) is 0 Å². The number of benzene rings is 1. The Bertz CT molecular complexity index is 771. The van der Waals surface area contributed by atoms with Crippen LogP contribution in [-0.2, 0) is 16.5 Å². The van der Waals surface area contributed by atoms with E-state index in [0.29, 0.717) is 0 Å². The Morgan fingerprint density at radius 2 is 1.62 bits per heavy atom. The van der Waals surface area contributed by atoms with Gasteiger partial charge in [0, 0.05) is 17.9 Å². The third-order valence-electron chi connectivity index (χ3n) is 3.42. The third-order valence-corrected chi connectivity index (χ3v) is 3.83. The Labute approximate surface area is 152 Å². The van der Waals surface area contributed by atoms with Crippen LogP contribution in [0.5, 0.6) is 0 Å². The molecule has 0 radical (unpaired) electrons. The van der Waals surface area contributed by atoms with Crippen LogP contribution in [0.4, 0.5) is 13.2 Å². The second kappa shape index (κ2) is 8.27. The van der Waals surface area contributed by atoms with E-state index in [1.54, 1.807) is 0 Å². The average molecular weight is 392 g/mol. The van der Waals surface area contributed by atoms with Crippen molar-refractivity contribution >= 4 is 23.5 Å². The van der Waals surface area contributed by atoms with Gasteiger partial charge in [0.25, 0.3) is 0 Å². The fraction of sp³-hybridized carbons (Fsp3) is 0.294. The SMILES string of the molecule is CC(C)(CC(=O)O)n1cccc1.O=C(O)c1cccc(C(F)(F)F)c1Cl. The van der Waals surface area contributed by atoms with E-state index in [9.17, 15) is 22.8 Å². The molecule has 9 heteroatoms. The highest BCUT2D eigenvalue weighted by atomic mass is 35.5. The van der Waals surface area contributed by atoms with E-state index in [-0.39, 0.29) is 12.0 Å². The van der Waals surface area contributed by atoms with Crippen molar-refractivity contribution in [2.24, 2.45) is 0 Å². The first-order valence-electron chi connectivity index (χ1n) is 7.30. The van der Waals surface area contributed by atoms with Crippen LogP contribution in [0.3, 0.4) is 0 Å². The lowest BCUT2D eigenvalue weighted by atomic mass is 10.0. The molecule has 0 bridgehead atoms. The summed E-state index contributed by atoms with van der Waals surface area (Å²) in [6, 6.07) is 6.53. The molecule has 0 saturated carbocycles. The topological polar surface area (TPSA) is 79.5 Å². The van der Waals surface area contributed by atoms with E-state index in [1.165, 1.54) is 0 Å². The third kappa shape index (κ3) is 5.80. The Kier molecular flexibility index (Phi) is 6.86. The van der Waals surface area contributed by atoms with Crippen LogP contribution in [0.25, 0.3) is 0 Å². The maximum Gasteiger partial charge on any atom is 0.417 e. The molecule has 142 valence electrons. The first-order valence-corrected chi connectivity index (χ1v) is 7.68. The molecule has 2 rings (SSSR count). The molecule has 0 spiro atoms. The van der Waals surface area contributed by atoms with Gasteiger partial charge in [-0.2, -0.15) is 13.2 Å². The highest BCUT2D eigenvalue weighted by molar-refractivity contribution is 6.34. The highest BCUT2D eigenvalue weighted by Gasteiger charge is 2.34. The van der Waals surface area contributed by atoms with Crippen LogP contribution in [0.15, 0.2) is 42.7 Å². The summed E-state index contributed by atoms with van der Waals surface area (Å²) >= 11 is 5.29. The van der Waals surface area contributed by atoms with Crippen LogP contribution in [-0.4, -0.2) is 26.7 Å². The van der Waals surface area contributed by atoms with E-state index in [1.807, 2.05) is 42.9 Å². The summed E-state index contributed by atoms with van der Waals surface area (Å²) in [5, 5.41) is 16.4. The molecular weight excluding hydrogens is 375 g/mol. The summed E-state index contributed by atoms with van der Waals surface area (Å²) in [6.07, 6.45) is -0.740. The maximum absolute atomic E-state index is 12.2. The molecule has 1 heterocycles. The van der Waals surface area contributed by atoms with Gasteiger partial charge in [-0.05, 0) is 38.1 Å². The van der Waals surface area contributed by atoms with E-state index in [2.05, 4.69) is 0 Å². The number of nitrogens with zero attached hydrogens (tertiary/aromatic N) is 1. The molecule has 1 aromatic heterocycles. The minimum absolute atomic E-state index is 0.141. The van der Waals surface area contributed by atoms with Crippen LogP contribution in [0.1, 0.15) is 36.2 Å². The van der Waals surface area contributed by atoms with Crippen molar-refractivity contribution in [2.45, 2.75) is 32.0 Å². The second-order valence-electron chi connectivity index (χ2n) is 5.94. The molecule has 1 aromatic carbocycles. The lowest BCUT2D eigenvalue weighted by Gasteiger charge is -2.24. The Morgan fingerprint density at radius 3 is 2.04 bits per heavy atom. The molecule has 5 nitrogen and oxygen atoms in total. The number of hydrogen-bond acceptors (Lipinski definition) is 2. The van der Waals surface area contributed by atoms with Crippen molar-refractivity contribution < 1.29 is 33.0 Å². The van der Waals surface area contributed by atoms with Crippen LogP contribution >= 0.6 is 11.6 Å². The lowest BCUT2D eigenvalue weighted by Crippen LogP contribution is -2.27. The minimum atomic E-state index is -4.64. The van der Waals surface area contributed by atoms with Gasteiger partial charge in [-0.1, -0.05) is 17.7 Å². The standard InChI is InChI=1S/C9H13NO2.C8H4ClF3O2/c1-9(2,7-8(11)12)10-5-3-4-6-10;9-6-4(7(13)14)2-1-3-5(6)8(10,11)12/h3-6H,7H2,1-2H3,(H,11,12);1-3H,(H,13,14). The van der Waals surface area contributed by atoms with Gasteiger partial charge in [-0.25, -0.2) is 4.79 Å². The molecule has 0 aliphatic rings. The predicted molar refractivity (Wildman–Crippen MR) is 89.4 cm³/mol. The molecule has 0 fully saturated rings. The van der Waals surface area contributed by atoms with Crippen molar-refractivity contribution in [3.8, 4) is 0 Å². The summed E-state index contributed by atoms with van der Waals surface area (Å²) in [4.78, 5) is 20.9. The lowest BCUT2D eigenvalue weighted by molar-refractivity contribution is -0.139. The molecular formula is C17H17ClF3NO4. The van der Waals surface area contributed by atoms with Crippen molar-refractivity contribution in [1.29, 1.82) is 0 Å². The van der Waals surface area contributed by atoms with E-state index in [0.717, 1.165) is 18.2 Å². The maximum atomic E-state index is 12.2. The molecule has 2 N–H and O–H groups in total. The summed E-state index contributed by atoms with van der Waals surface area (Å²) in [5.41, 5.74) is -2.03. The molecule has 2 aromatic rings. The van der Waals surface area contributed by atoms with E-state index >= 15 is 0 Å². The molecule has 0 saturated heterocycles. The zero-order valence-electron chi connectivity index (χ0n) is 13.9. The highest BCUT2D eigenvalue weighted by Crippen LogP contribution is 2.36. The van der Waals surface area contributed by atoms with Gasteiger partial charge in [0.1, 0.15) is 0 Å². The summed E-state index contributed by atoms with van der Waals surface area (Å²) < 4.78 is 38.5. The number of carboxylic acids is 2. The van der Waals surface area contributed by atoms with Crippen molar-refractivity contribution in [3.05, 3.63) is 58.9 Å². The number of halogens is 4. The zero-order chi connectivity index (χ0) is 20.1. The van der Waals surface area contributed by atoms with Gasteiger partial charge >= 0.3 is 18.1 Å². The monoisotopic (exact) mass is 391 g/mol. The number of carboxylic acid groups (broad SMARTS) is 2. The van der Waals surface area contributed by atoms with Gasteiger partial charge < -0.3 is 14.8 Å². The summed E-state index contributed by atoms with van der Waals surface area (Å²) in [7, 11) is 0. The van der Waals surface area contributed by atoms with Crippen LogP contribution in [0, 0.1) is 0 Å². The van der Waals surface area contributed by atoms with Crippen molar-refractivity contribution in [3.63, 3.8) is 0 Å². The molecule has 0 aliphatic heterocycles. The fourth-order valence-electron chi connectivity index (χ4n) is 2.12. The smallest absolute Gasteiger partial charge is 0.417 e. The fourth-order valence-corrected chi connectivity index (χ4v) is 2.43. The summed E-state index contributed by atoms with van der Waals surface area (Å²) in [6.45, 7) is 3.81. The quantitative estimate of drug-likeness (QED) is 0.787. The van der Waals surface area contributed by atoms with Crippen molar-refractivity contribution in [1.82, 2.24) is 4.57 Å². The van der Waals surface area contributed by atoms with E-state index < -0.39 is 34.3 Å². The number of hydrogen-bond donors (Lipinski definition) is 2.